The molecule has 146 valence electrons. The number of aromatic nitrogens is 3. The highest BCUT2D eigenvalue weighted by Gasteiger charge is 2.79. The summed E-state index contributed by atoms with van der Waals surface area (Å²) in [6.07, 6.45) is 0. The van der Waals surface area contributed by atoms with Crippen LogP contribution >= 0.6 is 0 Å². The molecule has 8 nitrogen and oxygen atoms in total. The molecular formula is C20H21N3O5. The predicted molar refractivity (Wildman–Crippen MR) is 99.6 cm³/mol. The van der Waals surface area contributed by atoms with Crippen molar-refractivity contribution in [3.8, 4) is 5.69 Å². The first-order valence-electron chi connectivity index (χ1n) is 9.37. The van der Waals surface area contributed by atoms with E-state index in [1.165, 1.54) is 9.36 Å². The van der Waals surface area contributed by atoms with Gasteiger partial charge >= 0.3 is 17.3 Å². The number of hydrogen-bond donors (Lipinski definition) is 0. The van der Waals surface area contributed by atoms with Crippen LogP contribution in [0.4, 0.5) is 0 Å². The number of carbonyl (C=O) groups is 1. The van der Waals surface area contributed by atoms with Crippen LogP contribution in [0.2, 0.25) is 0 Å². The van der Waals surface area contributed by atoms with E-state index >= 15 is 0 Å². The molecule has 1 aromatic carbocycles. The Hall–Kier alpha value is -2.87. The van der Waals surface area contributed by atoms with E-state index in [1.54, 1.807) is 31.2 Å². The van der Waals surface area contributed by atoms with Crippen LogP contribution in [0, 0.1) is 0 Å². The average Bonchev–Trinajstić information content (AvgIpc) is 3.17. The number of ether oxygens (including phenoxy) is 2. The first kappa shape index (κ1) is 17.2. The standard InChI is InChI=1S/C20H21N3O5/c1-5-27-16(24)13-11(2)14-19(3)20(4,28-19)15(13)23-18(26)21(17(25)22(14)23)12-9-7-6-8-10-12/h6-10,14-15H,5H2,1-4H3/t14-,15+,19+,20-/m0/s1. The summed E-state index contributed by atoms with van der Waals surface area (Å²) in [6, 6.07) is 7.52. The molecule has 0 spiro atoms. The van der Waals surface area contributed by atoms with Crippen molar-refractivity contribution < 1.29 is 14.3 Å². The molecule has 0 unspecified atom stereocenters. The van der Waals surface area contributed by atoms with Crippen LogP contribution in [0.5, 0.6) is 0 Å². The van der Waals surface area contributed by atoms with Gasteiger partial charge in [0.1, 0.15) is 23.3 Å². The lowest BCUT2D eigenvalue weighted by Gasteiger charge is -2.43. The fourth-order valence-corrected chi connectivity index (χ4v) is 5.11. The highest BCUT2D eigenvalue weighted by molar-refractivity contribution is 5.92. The molecule has 0 radical (unpaired) electrons. The van der Waals surface area contributed by atoms with Gasteiger partial charge in [0.05, 0.1) is 17.9 Å². The predicted octanol–water partition coefficient (Wildman–Crippen LogP) is 1.34. The minimum atomic E-state index is -0.752. The molecule has 4 aliphatic rings. The van der Waals surface area contributed by atoms with Crippen LogP contribution in [0.3, 0.4) is 0 Å². The van der Waals surface area contributed by atoms with Gasteiger partial charge in [-0.2, -0.15) is 0 Å². The van der Waals surface area contributed by atoms with Crippen molar-refractivity contribution in [2.45, 2.75) is 51.0 Å². The molecule has 6 rings (SSSR count). The number of benzene rings is 1. The molecule has 0 saturated carbocycles. The topological polar surface area (TPSA) is 87.8 Å². The van der Waals surface area contributed by atoms with Gasteiger partial charge in [-0.15, -0.1) is 0 Å². The maximum Gasteiger partial charge on any atom is 0.352 e. The molecule has 2 aromatic rings. The molecule has 1 fully saturated rings. The number of para-hydroxylation sites is 1. The zero-order valence-corrected chi connectivity index (χ0v) is 16.1. The van der Waals surface area contributed by atoms with Crippen LogP contribution in [-0.2, 0) is 14.3 Å². The summed E-state index contributed by atoms with van der Waals surface area (Å²) < 4.78 is 15.3. The lowest BCUT2D eigenvalue weighted by molar-refractivity contribution is -0.140. The molecule has 4 atom stereocenters. The lowest BCUT2D eigenvalue weighted by Crippen LogP contribution is -2.56. The van der Waals surface area contributed by atoms with Crippen LogP contribution in [0.1, 0.15) is 39.8 Å². The van der Waals surface area contributed by atoms with E-state index in [4.69, 9.17) is 9.47 Å². The summed E-state index contributed by atoms with van der Waals surface area (Å²) in [5, 5.41) is 0. The van der Waals surface area contributed by atoms with Crippen LogP contribution in [0.25, 0.3) is 5.69 Å². The maximum atomic E-state index is 13.3. The van der Waals surface area contributed by atoms with Gasteiger partial charge in [0.25, 0.3) is 0 Å². The van der Waals surface area contributed by atoms with Gasteiger partial charge < -0.3 is 9.47 Å². The number of esters is 1. The van der Waals surface area contributed by atoms with Crippen LogP contribution in [0.15, 0.2) is 51.1 Å². The van der Waals surface area contributed by atoms with E-state index in [-0.39, 0.29) is 6.61 Å². The van der Waals surface area contributed by atoms with Crippen LogP contribution in [-0.4, -0.2) is 37.7 Å². The van der Waals surface area contributed by atoms with Crippen LogP contribution < -0.4 is 11.4 Å². The highest BCUT2D eigenvalue weighted by Crippen LogP contribution is 2.68. The van der Waals surface area contributed by atoms with Gasteiger partial charge in [0.15, 0.2) is 0 Å². The molecule has 0 N–H and O–H groups in total. The zero-order chi connectivity index (χ0) is 20.0. The SMILES string of the molecule is CCOC(=O)C1=C(C)[C@@H]2n3c(=O)n(-c4ccccc4)c(=O)n3[C@H]1[C@]1(C)O[C@]21C. The van der Waals surface area contributed by atoms with Gasteiger partial charge in [-0.05, 0) is 45.4 Å². The molecule has 4 heterocycles. The molecule has 2 bridgehead atoms. The number of carbonyl (C=O) groups excluding carboxylic acids is 1. The Kier molecular flexibility index (Phi) is 3.16. The smallest absolute Gasteiger partial charge is 0.352 e. The lowest BCUT2D eigenvalue weighted by atomic mass is 9.70. The second-order valence-corrected chi connectivity index (χ2v) is 7.86. The fourth-order valence-electron chi connectivity index (χ4n) is 5.11. The molecule has 28 heavy (non-hydrogen) atoms. The first-order valence-corrected chi connectivity index (χ1v) is 9.37. The zero-order valence-electron chi connectivity index (χ0n) is 16.1. The third kappa shape index (κ3) is 1.72. The van der Waals surface area contributed by atoms with Crippen molar-refractivity contribution in [2.24, 2.45) is 0 Å². The van der Waals surface area contributed by atoms with Crippen molar-refractivity contribution in [3.63, 3.8) is 0 Å². The molecule has 0 amide bonds. The monoisotopic (exact) mass is 383 g/mol. The number of epoxide rings is 1. The Morgan fingerprint density at radius 2 is 1.64 bits per heavy atom. The molecule has 1 aromatic heterocycles. The van der Waals surface area contributed by atoms with Crippen molar-refractivity contribution in [1.29, 1.82) is 0 Å². The Morgan fingerprint density at radius 3 is 2.25 bits per heavy atom. The van der Waals surface area contributed by atoms with Gasteiger partial charge in [0.2, 0.25) is 0 Å². The maximum absolute atomic E-state index is 13.3. The summed E-state index contributed by atoms with van der Waals surface area (Å²) in [5.74, 6) is -0.466. The van der Waals surface area contributed by atoms with E-state index in [1.807, 2.05) is 26.8 Å². The number of rotatable bonds is 3. The summed E-state index contributed by atoms with van der Waals surface area (Å²) in [5.41, 5.74) is -0.710. The summed E-state index contributed by atoms with van der Waals surface area (Å²) in [6.45, 7) is 7.60. The van der Waals surface area contributed by atoms with Gasteiger partial charge in [-0.3, -0.25) is 0 Å². The second kappa shape index (κ2) is 5.14. The van der Waals surface area contributed by atoms with Gasteiger partial charge in [-0.1, -0.05) is 18.2 Å². The quantitative estimate of drug-likeness (QED) is 0.590. The molecule has 3 aliphatic heterocycles. The molecule has 1 saturated heterocycles. The van der Waals surface area contributed by atoms with E-state index in [0.29, 0.717) is 16.8 Å². The molecular weight excluding hydrogens is 362 g/mol. The fraction of sp³-hybridized carbons (Fsp3) is 0.450. The van der Waals surface area contributed by atoms with E-state index in [9.17, 15) is 14.4 Å². The number of hydrogen-bond acceptors (Lipinski definition) is 5. The van der Waals surface area contributed by atoms with E-state index in [0.717, 1.165) is 4.57 Å². The minimum absolute atomic E-state index is 0.231. The molecule has 8 heteroatoms. The van der Waals surface area contributed by atoms with Crippen molar-refractivity contribution in [2.75, 3.05) is 6.61 Å². The van der Waals surface area contributed by atoms with Crippen molar-refractivity contribution in [1.82, 2.24) is 13.9 Å². The van der Waals surface area contributed by atoms with Crippen molar-refractivity contribution in [3.05, 3.63) is 62.4 Å². The Morgan fingerprint density at radius 1 is 1.07 bits per heavy atom. The Labute approximate surface area is 160 Å². The van der Waals surface area contributed by atoms with Gasteiger partial charge in [0, 0.05) is 0 Å². The third-order valence-corrected chi connectivity index (χ3v) is 6.53. The summed E-state index contributed by atoms with van der Waals surface area (Å²) >= 11 is 0. The highest BCUT2D eigenvalue weighted by atomic mass is 16.6. The second-order valence-electron chi connectivity index (χ2n) is 7.86. The Balaban J connectivity index is 1.82. The minimum Gasteiger partial charge on any atom is -0.463 e. The van der Waals surface area contributed by atoms with Crippen molar-refractivity contribution >= 4 is 5.97 Å². The summed E-state index contributed by atoms with van der Waals surface area (Å²) in [7, 11) is 0. The number of nitrogens with zero attached hydrogens (tertiary/aromatic N) is 3. The first-order chi connectivity index (χ1) is 13.3. The molecule has 1 aliphatic carbocycles. The average molecular weight is 383 g/mol. The summed E-state index contributed by atoms with van der Waals surface area (Å²) in [4.78, 5) is 39.4. The van der Waals surface area contributed by atoms with Gasteiger partial charge in [-0.25, -0.2) is 28.3 Å². The van der Waals surface area contributed by atoms with E-state index in [2.05, 4.69) is 0 Å². The largest absolute Gasteiger partial charge is 0.463 e. The third-order valence-electron chi connectivity index (χ3n) is 6.53. The van der Waals surface area contributed by atoms with E-state index < -0.39 is 40.6 Å². The Bertz CT molecular complexity index is 1170. The normalized spacial score (nSPS) is 32.1.